The lowest BCUT2D eigenvalue weighted by Crippen LogP contribution is -2.10. The number of aliphatic hydroxyl groups is 1. The van der Waals surface area contributed by atoms with Gasteiger partial charge in [-0.05, 0) is 24.0 Å². The number of benzene rings is 2. The Morgan fingerprint density at radius 2 is 1.61 bits per heavy atom. The smallest absolute Gasteiger partial charge is 0.127 e. The van der Waals surface area contributed by atoms with Crippen molar-refractivity contribution in [2.45, 2.75) is 31.1 Å². The zero-order chi connectivity index (χ0) is 15.9. The summed E-state index contributed by atoms with van der Waals surface area (Å²) in [5.41, 5.74) is 2.15. The van der Waals surface area contributed by atoms with Crippen LogP contribution in [0.2, 0.25) is 0 Å². The highest BCUT2D eigenvalue weighted by Crippen LogP contribution is 2.75. The molecule has 118 valence electrons. The van der Waals surface area contributed by atoms with Gasteiger partial charge in [-0.3, -0.25) is 0 Å². The van der Waals surface area contributed by atoms with Gasteiger partial charge in [0.05, 0.1) is 5.31 Å². The molecular weight excluding hydrogens is 303 g/mol. The lowest BCUT2D eigenvalue weighted by Gasteiger charge is -2.23. The van der Waals surface area contributed by atoms with E-state index in [9.17, 15) is 9.67 Å². The average Bonchev–Trinajstić information content (AvgIpc) is 3.13. The fourth-order valence-electron chi connectivity index (χ4n) is 4.31. The van der Waals surface area contributed by atoms with E-state index in [1.807, 2.05) is 60.7 Å². The number of rotatable bonds is 3. The van der Waals surface area contributed by atoms with Crippen LogP contribution >= 0.6 is 7.14 Å². The van der Waals surface area contributed by atoms with Crippen molar-refractivity contribution in [3.63, 3.8) is 0 Å². The molecule has 3 atom stereocenters. The van der Waals surface area contributed by atoms with Crippen LogP contribution in [0.5, 0.6) is 0 Å². The summed E-state index contributed by atoms with van der Waals surface area (Å²) in [7, 11) is -2.65. The molecule has 0 saturated heterocycles. The average molecular weight is 324 g/mol. The van der Waals surface area contributed by atoms with E-state index < -0.39 is 7.14 Å². The Morgan fingerprint density at radius 3 is 2.30 bits per heavy atom. The fraction of sp³-hybridized carbons (Fsp3) is 0.300. The molecule has 2 nitrogen and oxygen atoms in total. The van der Waals surface area contributed by atoms with Gasteiger partial charge in [0.1, 0.15) is 12.9 Å². The van der Waals surface area contributed by atoms with E-state index in [1.54, 1.807) is 0 Å². The standard InChI is InChI=1S/C20H21O2P/c21-19-17-12-7-13-18(17)23(22,14-15-8-3-1-4-9-15)20(19)16-10-5-2-6-11-16/h1-6,8-11,17-18,21H,7,12-14H2/t17-,18-,23-/m0/s1. The summed E-state index contributed by atoms with van der Waals surface area (Å²) in [5.74, 6) is 0.498. The van der Waals surface area contributed by atoms with Crippen molar-refractivity contribution in [1.29, 1.82) is 0 Å². The van der Waals surface area contributed by atoms with Crippen molar-refractivity contribution in [3.8, 4) is 0 Å². The van der Waals surface area contributed by atoms with Gasteiger partial charge in [-0.25, -0.2) is 0 Å². The molecule has 0 unspecified atom stereocenters. The van der Waals surface area contributed by atoms with Crippen molar-refractivity contribution in [3.05, 3.63) is 77.5 Å². The Morgan fingerprint density at radius 1 is 0.957 bits per heavy atom. The van der Waals surface area contributed by atoms with Crippen LogP contribution in [-0.2, 0) is 10.7 Å². The van der Waals surface area contributed by atoms with Gasteiger partial charge in [0.15, 0.2) is 0 Å². The molecule has 1 aliphatic carbocycles. The summed E-state index contributed by atoms with van der Waals surface area (Å²) >= 11 is 0. The minimum absolute atomic E-state index is 0.0970. The predicted molar refractivity (Wildman–Crippen MR) is 94.9 cm³/mol. The minimum Gasteiger partial charge on any atom is -0.511 e. The number of hydrogen-bond donors (Lipinski definition) is 1. The number of aliphatic hydroxyl groups excluding tert-OH is 1. The van der Waals surface area contributed by atoms with Gasteiger partial charge < -0.3 is 9.67 Å². The van der Waals surface area contributed by atoms with Crippen molar-refractivity contribution in [2.75, 3.05) is 0 Å². The Bertz CT molecular complexity index is 780. The molecule has 0 bridgehead atoms. The van der Waals surface area contributed by atoms with Crippen LogP contribution < -0.4 is 0 Å². The first kappa shape index (κ1) is 14.8. The molecular formula is C20H21O2P. The molecule has 1 saturated carbocycles. The zero-order valence-corrected chi connectivity index (χ0v) is 14.0. The Balaban J connectivity index is 1.83. The van der Waals surface area contributed by atoms with Crippen LogP contribution in [0.4, 0.5) is 0 Å². The third kappa shape index (κ3) is 2.37. The highest BCUT2D eigenvalue weighted by molar-refractivity contribution is 7.74. The highest BCUT2D eigenvalue weighted by Gasteiger charge is 2.53. The largest absolute Gasteiger partial charge is 0.511 e. The van der Waals surface area contributed by atoms with Crippen molar-refractivity contribution >= 4 is 12.5 Å². The van der Waals surface area contributed by atoms with Crippen molar-refractivity contribution in [1.82, 2.24) is 0 Å². The number of allylic oxidation sites excluding steroid dienone is 1. The van der Waals surface area contributed by atoms with Crippen LogP contribution in [0.25, 0.3) is 5.31 Å². The molecule has 2 aromatic carbocycles. The molecule has 2 aliphatic rings. The maximum Gasteiger partial charge on any atom is 0.127 e. The Hall–Kier alpha value is -1.79. The van der Waals surface area contributed by atoms with Gasteiger partial charge >= 0.3 is 0 Å². The van der Waals surface area contributed by atoms with Crippen LogP contribution in [0.1, 0.15) is 30.4 Å². The second kappa shape index (κ2) is 5.69. The van der Waals surface area contributed by atoms with E-state index in [4.69, 9.17) is 0 Å². The Labute approximate surface area is 137 Å². The molecule has 1 N–H and O–H groups in total. The normalized spacial score (nSPS) is 29.7. The van der Waals surface area contributed by atoms with E-state index in [0.717, 1.165) is 35.7 Å². The first-order valence-corrected chi connectivity index (χ1v) is 10.3. The van der Waals surface area contributed by atoms with Crippen LogP contribution in [-0.4, -0.2) is 10.8 Å². The summed E-state index contributed by atoms with van der Waals surface area (Å²) < 4.78 is 14.1. The summed E-state index contributed by atoms with van der Waals surface area (Å²) in [4.78, 5) is 0. The maximum absolute atomic E-state index is 14.1. The summed E-state index contributed by atoms with van der Waals surface area (Å²) in [5, 5.41) is 11.6. The SMILES string of the molecule is O=[P@]1(Cc2ccccc2)C(c2ccccc2)=C(O)[C@H]2CCC[C@@H]21. The predicted octanol–water partition coefficient (Wildman–Crippen LogP) is 5.66. The molecule has 2 aromatic rings. The zero-order valence-electron chi connectivity index (χ0n) is 13.1. The van der Waals surface area contributed by atoms with Gasteiger partial charge in [-0.2, -0.15) is 0 Å². The van der Waals surface area contributed by atoms with Crippen LogP contribution in [0.15, 0.2) is 66.4 Å². The van der Waals surface area contributed by atoms with E-state index in [-0.39, 0.29) is 11.6 Å². The van der Waals surface area contributed by atoms with Gasteiger partial charge in [0.2, 0.25) is 0 Å². The van der Waals surface area contributed by atoms with E-state index >= 15 is 0 Å². The molecule has 0 radical (unpaired) electrons. The monoisotopic (exact) mass is 324 g/mol. The molecule has 1 aliphatic heterocycles. The second-order valence-electron chi connectivity index (χ2n) is 6.64. The van der Waals surface area contributed by atoms with Crippen molar-refractivity contribution in [2.24, 2.45) is 5.92 Å². The van der Waals surface area contributed by atoms with Crippen LogP contribution in [0, 0.1) is 5.92 Å². The van der Waals surface area contributed by atoms with E-state index in [2.05, 4.69) is 0 Å². The first-order valence-electron chi connectivity index (χ1n) is 8.32. The van der Waals surface area contributed by atoms with Crippen molar-refractivity contribution < 1.29 is 9.67 Å². The van der Waals surface area contributed by atoms with Gasteiger partial charge in [-0.15, -0.1) is 0 Å². The first-order chi connectivity index (χ1) is 11.2. The Kier molecular flexibility index (Phi) is 3.66. The summed E-state index contributed by atoms with van der Waals surface area (Å²) in [6, 6.07) is 19.9. The summed E-state index contributed by atoms with van der Waals surface area (Å²) in [6.07, 6.45) is 3.56. The molecule has 0 amide bonds. The highest BCUT2D eigenvalue weighted by atomic mass is 31.2. The van der Waals surface area contributed by atoms with Gasteiger partial charge in [0, 0.05) is 17.7 Å². The number of fused-ring (bicyclic) bond motifs is 1. The van der Waals surface area contributed by atoms with Crippen LogP contribution in [0.3, 0.4) is 0 Å². The number of hydrogen-bond acceptors (Lipinski definition) is 2. The third-order valence-electron chi connectivity index (χ3n) is 5.30. The minimum atomic E-state index is -2.65. The van der Waals surface area contributed by atoms with E-state index in [0.29, 0.717) is 11.9 Å². The molecule has 3 heteroatoms. The molecule has 1 fully saturated rings. The quantitative estimate of drug-likeness (QED) is 0.740. The molecule has 23 heavy (non-hydrogen) atoms. The second-order valence-corrected chi connectivity index (χ2v) is 9.66. The molecule has 0 spiro atoms. The molecule has 1 heterocycles. The third-order valence-corrected chi connectivity index (χ3v) is 9.06. The lowest BCUT2D eigenvalue weighted by molar-refractivity contribution is 0.343. The lowest BCUT2D eigenvalue weighted by atomic mass is 10.0. The van der Waals surface area contributed by atoms with Gasteiger partial charge in [0.25, 0.3) is 0 Å². The van der Waals surface area contributed by atoms with Gasteiger partial charge in [-0.1, -0.05) is 67.1 Å². The molecule has 0 aromatic heterocycles. The topological polar surface area (TPSA) is 37.3 Å². The van der Waals surface area contributed by atoms with E-state index in [1.165, 1.54) is 0 Å². The summed E-state index contributed by atoms with van der Waals surface area (Å²) in [6.45, 7) is 0. The maximum atomic E-state index is 14.1. The fourth-order valence-corrected chi connectivity index (χ4v) is 8.40. The molecule has 4 rings (SSSR count).